The second-order valence-electron chi connectivity index (χ2n) is 8.84. The van der Waals surface area contributed by atoms with Crippen molar-refractivity contribution in [3.05, 3.63) is 30.0 Å². The van der Waals surface area contributed by atoms with E-state index in [9.17, 15) is 0 Å². The van der Waals surface area contributed by atoms with Gasteiger partial charge in [-0.1, -0.05) is 12.8 Å². The Bertz CT molecular complexity index is 868. The first-order valence-corrected chi connectivity index (χ1v) is 12.1. The van der Waals surface area contributed by atoms with Crippen LogP contribution in [0.1, 0.15) is 44.1 Å². The smallest absolute Gasteiger partial charge is 0.224 e. The number of aromatic nitrogens is 2. The summed E-state index contributed by atoms with van der Waals surface area (Å²) in [7, 11) is 5.03. The van der Waals surface area contributed by atoms with Gasteiger partial charge in [0.15, 0.2) is 0 Å². The highest BCUT2D eigenvalue weighted by atomic mass is 16.5. The van der Waals surface area contributed by atoms with Gasteiger partial charge in [0.05, 0.1) is 26.9 Å². The molecule has 8 nitrogen and oxygen atoms in total. The molecular weight excluding hydrogens is 418 g/mol. The average Bonchev–Trinajstić information content (AvgIpc) is 3.15. The third-order valence-electron chi connectivity index (χ3n) is 6.69. The molecular formula is C25H37N5O3. The van der Waals surface area contributed by atoms with Crippen LogP contribution in [0.3, 0.4) is 0 Å². The van der Waals surface area contributed by atoms with E-state index >= 15 is 0 Å². The molecule has 0 unspecified atom stereocenters. The first-order valence-electron chi connectivity index (χ1n) is 12.1. The zero-order chi connectivity index (χ0) is 23.0. The Morgan fingerprint density at radius 1 is 0.909 bits per heavy atom. The molecule has 4 rings (SSSR count). The maximum Gasteiger partial charge on any atom is 0.224 e. The van der Waals surface area contributed by atoms with E-state index in [0.29, 0.717) is 6.04 Å². The molecule has 1 aromatic carbocycles. The van der Waals surface area contributed by atoms with Gasteiger partial charge in [-0.15, -0.1) is 0 Å². The van der Waals surface area contributed by atoms with E-state index in [0.717, 1.165) is 80.1 Å². The molecule has 1 aromatic heterocycles. The molecule has 0 amide bonds. The molecule has 180 valence electrons. The van der Waals surface area contributed by atoms with Gasteiger partial charge in [-0.05, 0) is 31.7 Å². The number of nitrogens with one attached hydrogen (secondary N) is 1. The Labute approximate surface area is 197 Å². The summed E-state index contributed by atoms with van der Waals surface area (Å²) in [6.07, 6.45) is 9.09. The molecule has 0 spiro atoms. The number of ether oxygens (including phenoxy) is 3. The molecule has 33 heavy (non-hydrogen) atoms. The summed E-state index contributed by atoms with van der Waals surface area (Å²) in [6.45, 7) is 4.94. The highest BCUT2D eigenvalue weighted by Crippen LogP contribution is 2.35. The summed E-state index contributed by atoms with van der Waals surface area (Å²) < 4.78 is 16.6. The lowest BCUT2D eigenvalue weighted by Crippen LogP contribution is -2.39. The number of hydrogen-bond acceptors (Lipinski definition) is 8. The number of piperidine rings is 1. The van der Waals surface area contributed by atoms with Crippen molar-refractivity contribution in [2.75, 3.05) is 57.7 Å². The normalized spacial score (nSPS) is 18.0. The lowest BCUT2D eigenvalue weighted by atomic mass is 10.0. The van der Waals surface area contributed by atoms with E-state index in [1.807, 2.05) is 24.4 Å². The lowest BCUT2D eigenvalue weighted by Gasteiger charge is -2.33. The van der Waals surface area contributed by atoms with Crippen molar-refractivity contribution < 1.29 is 14.2 Å². The van der Waals surface area contributed by atoms with Crippen LogP contribution in [0.25, 0.3) is 0 Å². The molecule has 1 N–H and O–H groups in total. The Morgan fingerprint density at radius 3 is 2.18 bits per heavy atom. The summed E-state index contributed by atoms with van der Waals surface area (Å²) >= 11 is 0. The third kappa shape index (κ3) is 5.99. The first kappa shape index (κ1) is 23.4. The van der Waals surface area contributed by atoms with Crippen LogP contribution in [-0.4, -0.2) is 68.4 Å². The molecule has 0 radical (unpaired) electrons. The Hall–Kier alpha value is -2.74. The molecule has 0 saturated carbocycles. The van der Waals surface area contributed by atoms with Gasteiger partial charge in [-0.2, -0.15) is 4.98 Å². The predicted octanol–water partition coefficient (Wildman–Crippen LogP) is 3.96. The third-order valence-corrected chi connectivity index (χ3v) is 6.69. The summed E-state index contributed by atoms with van der Waals surface area (Å²) in [6, 6.07) is 6.25. The van der Waals surface area contributed by atoms with Crippen molar-refractivity contribution in [3.8, 4) is 17.2 Å². The van der Waals surface area contributed by atoms with E-state index in [2.05, 4.69) is 20.1 Å². The van der Waals surface area contributed by atoms with Crippen molar-refractivity contribution in [1.82, 2.24) is 14.9 Å². The fourth-order valence-electron chi connectivity index (χ4n) is 4.77. The van der Waals surface area contributed by atoms with Crippen LogP contribution in [0.15, 0.2) is 24.4 Å². The quantitative estimate of drug-likeness (QED) is 0.641. The molecule has 2 fully saturated rings. The summed E-state index contributed by atoms with van der Waals surface area (Å²) in [5, 5.41) is 3.58. The van der Waals surface area contributed by atoms with Crippen LogP contribution in [0.2, 0.25) is 0 Å². The fourth-order valence-corrected chi connectivity index (χ4v) is 4.77. The van der Waals surface area contributed by atoms with Crippen molar-refractivity contribution in [2.45, 2.75) is 51.1 Å². The minimum atomic E-state index is 0.375. The topological polar surface area (TPSA) is 72.0 Å². The first-order chi connectivity index (χ1) is 16.2. The van der Waals surface area contributed by atoms with Gasteiger partial charge < -0.3 is 24.4 Å². The largest absolute Gasteiger partial charge is 0.496 e. The average molecular weight is 456 g/mol. The molecule has 3 heterocycles. The number of anilines is 2. The van der Waals surface area contributed by atoms with E-state index in [-0.39, 0.29) is 0 Å². The number of benzene rings is 1. The molecule has 2 aliphatic heterocycles. The Morgan fingerprint density at radius 2 is 1.58 bits per heavy atom. The van der Waals surface area contributed by atoms with Crippen molar-refractivity contribution in [2.24, 2.45) is 0 Å². The summed E-state index contributed by atoms with van der Waals surface area (Å²) in [5.41, 5.74) is 1.06. The van der Waals surface area contributed by atoms with Gasteiger partial charge in [0.2, 0.25) is 5.95 Å². The summed E-state index contributed by atoms with van der Waals surface area (Å²) in [4.78, 5) is 14.2. The molecule has 8 heteroatoms. The van der Waals surface area contributed by atoms with Crippen molar-refractivity contribution in [1.29, 1.82) is 0 Å². The van der Waals surface area contributed by atoms with Crippen LogP contribution < -0.4 is 24.4 Å². The lowest BCUT2D eigenvalue weighted by molar-refractivity contribution is 0.205. The maximum absolute atomic E-state index is 5.62. The molecule has 2 saturated heterocycles. The number of nitrogens with zero attached hydrogens (tertiary/aromatic N) is 4. The van der Waals surface area contributed by atoms with Crippen LogP contribution in [0, 0.1) is 0 Å². The van der Waals surface area contributed by atoms with E-state index < -0.39 is 0 Å². The highest BCUT2D eigenvalue weighted by Gasteiger charge is 2.23. The summed E-state index contributed by atoms with van der Waals surface area (Å²) in [5.74, 6) is 4.12. The molecule has 2 aromatic rings. The standard InChI is InChI=1S/C25H37N5O3/c1-31-20-16-22(32-2)21(23(17-20)33-3)18-29-14-9-19(10-15-29)27-25-26-11-8-24(28-25)30-12-6-4-5-7-13-30/h8,11,16-17,19H,4-7,9-10,12-15,18H2,1-3H3,(H,26,27,28). The van der Waals surface area contributed by atoms with E-state index in [1.165, 1.54) is 25.7 Å². The van der Waals surface area contributed by atoms with Crippen LogP contribution in [0.5, 0.6) is 17.2 Å². The van der Waals surface area contributed by atoms with Gasteiger partial charge in [-0.25, -0.2) is 4.98 Å². The number of likely N-dealkylation sites (tertiary alicyclic amines) is 1. The van der Waals surface area contributed by atoms with Gasteiger partial charge in [0, 0.05) is 57.1 Å². The SMILES string of the molecule is COc1cc(OC)c(CN2CCC(Nc3nccc(N4CCCCCC4)n3)CC2)c(OC)c1. The van der Waals surface area contributed by atoms with Crippen LogP contribution in [-0.2, 0) is 6.54 Å². The second-order valence-corrected chi connectivity index (χ2v) is 8.84. The zero-order valence-electron chi connectivity index (χ0n) is 20.2. The van der Waals surface area contributed by atoms with E-state index in [4.69, 9.17) is 19.2 Å². The Balaban J connectivity index is 1.34. The van der Waals surface area contributed by atoms with Gasteiger partial charge in [-0.3, -0.25) is 4.90 Å². The number of methoxy groups -OCH3 is 3. The maximum atomic E-state index is 5.62. The number of rotatable bonds is 8. The van der Waals surface area contributed by atoms with Gasteiger partial charge in [0.1, 0.15) is 23.1 Å². The van der Waals surface area contributed by atoms with Gasteiger partial charge >= 0.3 is 0 Å². The zero-order valence-corrected chi connectivity index (χ0v) is 20.2. The van der Waals surface area contributed by atoms with Crippen LogP contribution in [0.4, 0.5) is 11.8 Å². The second kappa shape index (κ2) is 11.4. The molecule has 0 atom stereocenters. The minimum Gasteiger partial charge on any atom is -0.496 e. The molecule has 0 aliphatic carbocycles. The predicted molar refractivity (Wildman–Crippen MR) is 131 cm³/mol. The number of hydrogen-bond donors (Lipinski definition) is 1. The van der Waals surface area contributed by atoms with E-state index in [1.54, 1.807) is 21.3 Å². The molecule has 2 aliphatic rings. The Kier molecular flexibility index (Phi) is 8.10. The van der Waals surface area contributed by atoms with Crippen molar-refractivity contribution in [3.63, 3.8) is 0 Å². The fraction of sp³-hybridized carbons (Fsp3) is 0.600. The van der Waals surface area contributed by atoms with Crippen LogP contribution >= 0.6 is 0 Å². The minimum absolute atomic E-state index is 0.375. The molecule has 0 bridgehead atoms. The van der Waals surface area contributed by atoms with Gasteiger partial charge in [0.25, 0.3) is 0 Å². The van der Waals surface area contributed by atoms with Crippen molar-refractivity contribution >= 4 is 11.8 Å². The highest BCUT2D eigenvalue weighted by molar-refractivity contribution is 5.50. The monoisotopic (exact) mass is 455 g/mol.